The highest BCUT2D eigenvalue weighted by molar-refractivity contribution is 5.97. The fourth-order valence-electron chi connectivity index (χ4n) is 3.95. The number of carbonyl (C=O) groups is 2. The molecule has 0 saturated carbocycles. The first-order valence-corrected chi connectivity index (χ1v) is 10.4. The van der Waals surface area contributed by atoms with Gasteiger partial charge in [0, 0.05) is 36.0 Å². The minimum absolute atomic E-state index is 0.0715. The van der Waals surface area contributed by atoms with E-state index in [2.05, 4.69) is 15.5 Å². The Bertz CT molecular complexity index is 1100. The number of hydrogen-bond donors (Lipinski definition) is 1. The molecule has 31 heavy (non-hydrogen) atoms. The van der Waals surface area contributed by atoms with Crippen molar-refractivity contribution >= 4 is 22.7 Å². The summed E-state index contributed by atoms with van der Waals surface area (Å²) >= 11 is 0. The number of nitrogens with zero attached hydrogens (tertiary/aromatic N) is 3. The van der Waals surface area contributed by atoms with E-state index in [0.29, 0.717) is 49.3 Å². The SMILES string of the molecule is COc1cc(C(=O)NC2CCC(=O)N(Cc3c(C)noc3C)CC2)nc2ccccc12. The number of para-hydroxylation sites is 1. The molecule has 1 fully saturated rings. The van der Waals surface area contributed by atoms with Crippen LogP contribution in [-0.4, -0.2) is 46.6 Å². The summed E-state index contributed by atoms with van der Waals surface area (Å²) in [6, 6.07) is 9.09. The molecule has 3 heterocycles. The van der Waals surface area contributed by atoms with E-state index < -0.39 is 0 Å². The average molecular weight is 422 g/mol. The monoisotopic (exact) mass is 422 g/mol. The summed E-state index contributed by atoms with van der Waals surface area (Å²) in [5.74, 6) is 1.15. The molecule has 4 rings (SSSR count). The summed E-state index contributed by atoms with van der Waals surface area (Å²) in [6.07, 6.45) is 1.64. The zero-order chi connectivity index (χ0) is 22.0. The Morgan fingerprint density at radius 2 is 2.10 bits per heavy atom. The quantitative estimate of drug-likeness (QED) is 0.678. The number of aryl methyl sites for hydroxylation is 2. The Kier molecular flexibility index (Phi) is 5.88. The van der Waals surface area contributed by atoms with Crippen LogP contribution in [0, 0.1) is 13.8 Å². The summed E-state index contributed by atoms with van der Waals surface area (Å²) in [5, 5.41) is 7.87. The zero-order valence-corrected chi connectivity index (χ0v) is 18.0. The third kappa shape index (κ3) is 4.38. The lowest BCUT2D eigenvalue weighted by Crippen LogP contribution is -2.36. The van der Waals surface area contributed by atoms with Crippen LogP contribution in [0.4, 0.5) is 0 Å². The molecule has 1 saturated heterocycles. The number of methoxy groups -OCH3 is 1. The molecule has 1 aliphatic rings. The molecule has 3 aromatic rings. The second kappa shape index (κ2) is 8.75. The van der Waals surface area contributed by atoms with Gasteiger partial charge in [-0.3, -0.25) is 9.59 Å². The number of nitrogens with one attached hydrogen (secondary N) is 1. The lowest BCUT2D eigenvalue weighted by atomic mass is 10.1. The van der Waals surface area contributed by atoms with Gasteiger partial charge in [-0.1, -0.05) is 17.3 Å². The molecule has 1 unspecified atom stereocenters. The van der Waals surface area contributed by atoms with Gasteiger partial charge in [-0.25, -0.2) is 4.98 Å². The van der Waals surface area contributed by atoms with Gasteiger partial charge in [-0.15, -0.1) is 0 Å². The van der Waals surface area contributed by atoms with Crippen LogP contribution in [0.2, 0.25) is 0 Å². The van der Waals surface area contributed by atoms with Crippen LogP contribution in [0.25, 0.3) is 10.9 Å². The lowest BCUT2D eigenvalue weighted by Gasteiger charge is -2.21. The van der Waals surface area contributed by atoms with Gasteiger partial charge in [0.15, 0.2) is 0 Å². The van der Waals surface area contributed by atoms with Crippen molar-refractivity contribution in [1.82, 2.24) is 20.4 Å². The van der Waals surface area contributed by atoms with Gasteiger partial charge >= 0.3 is 0 Å². The van der Waals surface area contributed by atoms with E-state index in [4.69, 9.17) is 9.26 Å². The molecule has 0 spiro atoms. The topological polar surface area (TPSA) is 97.6 Å². The number of carbonyl (C=O) groups excluding carboxylic acids is 2. The predicted molar refractivity (Wildman–Crippen MR) is 115 cm³/mol. The lowest BCUT2D eigenvalue weighted by molar-refractivity contribution is -0.131. The van der Waals surface area contributed by atoms with Gasteiger partial charge in [-0.05, 0) is 38.8 Å². The molecule has 8 nitrogen and oxygen atoms in total. The molecule has 0 bridgehead atoms. The van der Waals surface area contributed by atoms with Gasteiger partial charge in [0.25, 0.3) is 5.91 Å². The second-order valence-electron chi connectivity index (χ2n) is 7.84. The number of pyridine rings is 1. The minimum atomic E-state index is -0.263. The van der Waals surface area contributed by atoms with Crippen LogP contribution in [0.15, 0.2) is 34.9 Å². The smallest absolute Gasteiger partial charge is 0.270 e. The number of aromatic nitrogens is 2. The Hall–Kier alpha value is -3.42. The van der Waals surface area contributed by atoms with Crippen LogP contribution in [-0.2, 0) is 11.3 Å². The Morgan fingerprint density at radius 1 is 1.29 bits per heavy atom. The van der Waals surface area contributed by atoms with Crippen molar-refractivity contribution in [2.45, 2.75) is 45.7 Å². The fraction of sp³-hybridized carbons (Fsp3) is 0.391. The third-order valence-corrected chi connectivity index (χ3v) is 5.80. The number of fused-ring (bicyclic) bond motifs is 1. The van der Waals surface area contributed by atoms with Crippen LogP contribution in [0.1, 0.15) is 46.8 Å². The minimum Gasteiger partial charge on any atom is -0.496 e. The van der Waals surface area contributed by atoms with Crippen molar-refractivity contribution in [3.8, 4) is 5.75 Å². The molecule has 162 valence electrons. The molecule has 2 aromatic heterocycles. The van der Waals surface area contributed by atoms with E-state index in [9.17, 15) is 9.59 Å². The number of ether oxygens (including phenoxy) is 1. The number of likely N-dealkylation sites (tertiary alicyclic amines) is 1. The van der Waals surface area contributed by atoms with Crippen molar-refractivity contribution in [2.75, 3.05) is 13.7 Å². The van der Waals surface area contributed by atoms with Crippen LogP contribution in [0.3, 0.4) is 0 Å². The maximum atomic E-state index is 12.9. The van der Waals surface area contributed by atoms with Crippen LogP contribution >= 0.6 is 0 Å². The summed E-state index contributed by atoms with van der Waals surface area (Å²) < 4.78 is 10.7. The normalized spacial score (nSPS) is 16.9. The highest BCUT2D eigenvalue weighted by Crippen LogP contribution is 2.25. The molecule has 8 heteroatoms. The van der Waals surface area contributed by atoms with Gasteiger partial charge < -0.3 is 19.5 Å². The van der Waals surface area contributed by atoms with E-state index in [1.807, 2.05) is 43.0 Å². The first-order valence-electron chi connectivity index (χ1n) is 10.4. The molecule has 1 N–H and O–H groups in total. The Balaban J connectivity index is 1.45. The standard InChI is InChI=1S/C23H26N4O4/c1-14-18(15(2)31-26-14)13-27-11-10-16(8-9-22(27)28)24-23(29)20-12-21(30-3)17-6-4-5-7-19(17)25-20/h4-7,12,16H,8-11,13H2,1-3H3,(H,24,29). The van der Waals surface area contributed by atoms with E-state index >= 15 is 0 Å². The van der Waals surface area contributed by atoms with Crippen molar-refractivity contribution in [3.05, 3.63) is 53.0 Å². The molecule has 1 aliphatic heterocycles. The van der Waals surface area contributed by atoms with Gasteiger partial charge in [0.1, 0.15) is 17.2 Å². The Morgan fingerprint density at radius 3 is 2.84 bits per heavy atom. The van der Waals surface area contributed by atoms with E-state index in [1.54, 1.807) is 13.2 Å². The zero-order valence-electron chi connectivity index (χ0n) is 18.0. The number of benzene rings is 1. The highest BCUT2D eigenvalue weighted by Gasteiger charge is 2.26. The van der Waals surface area contributed by atoms with E-state index in [1.165, 1.54) is 0 Å². The first-order chi connectivity index (χ1) is 15.0. The van der Waals surface area contributed by atoms with Crippen molar-refractivity contribution in [3.63, 3.8) is 0 Å². The predicted octanol–water partition coefficient (Wildman–Crippen LogP) is 3.16. The van der Waals surface area contributed by atoms with Crippen molar-refractivity contribution < 1.29 is 18.8 Å². The number of amides is 2. The first kappa shape index (κ1) is 20.8. The summed E-state index contributed by atoms with van der Waals surface area (Å²) in [5.41, 5.74) is 2.76. The third-order valence-electron chi connectivity index (χ3n) is 5.80. The second-order valence-corrected chi connectivity index (χ2v) is 7.84. The number of rotatable bonds is 5. The number of hydrogen-bond acceptors (Lipinski definition) is 6. The van der Waals surface area contributed by atoms with Crippen molar-refractivity contribution in [2.24, 2.45) is 0 Å². The summed E-state index contributed by atoms with van der Waals surface area (Å²) in [6.45, 7) is 4.76. The van der Waals surface area contributed by atoms with Gasteiger partial charge in [-0.2, -0.15) is 0 Å². The molecule has 1 aromatic carbocycles. The van der Waals surface area contributed by atoms with Crippen LogP contribution in [0.5, 0.6) is 5.75 Å². The summed E-state index contributed by atoms with van der Waals surface area (Å²) in [7, 11) is 1.58. The molecular formula is C23H26N4O4. The van der Waals surface area contributed by atoms with Crippen molar-refractivity contribution in [1.29, 1.82) is 0 Å². The average Bonchev–Trinajstić information content (AvgIpc) is 2.99. The summed E-state index contributed by atoms with van der Waals surface area (Å²) in [4.78, 5) is 31.8. The molecule has 0 aliphatic carbocycles. The maximum Gasteiger partial charge on any atom is 0.270 e. The highest BCUT2D eigenvalue weighted by atomic mass is 16.5. The van der Waals surface area contributed by atoms with Gasteiger partial charge in [0.2, 0.25) is 5.91 Å². The van der Waals surface area contributed by atoms with E-state index in [-0.39, 0.29) is 17.9 Å². The molecule has 0 radical (unpaired) electrons. The maximum absolute atomic E-state index is 12.9. The Labute approximate surface area is 180 Å². The fourth-order valence-corrected chi connectivity index (χ4v) is 3.95. The van der Waals surface area contributed by atoms with Crippen LogP contribution < -0.4 is 10.1 Å². The molecule has 2 amide bonds. The molecular weight excluding hydrogens is 396 g/mol. The molecule has 1 atom stereocenters. The largest absolute Gasteiger partial charge is 0.496 e. The van der Waals surface area contributed by atoms with E-state index in [0.717, 1.165) is 22.4 Å². The van der Waals surface area contributed by atoms with Gasteiger partial charge in [0.05, 0.1) is 24.9 Å².